The second kappa shape index (κ2) is 13.1. The van der Waals surface area contributed by atoms with E-state index in [1.807, 2.05) is 19.0 Å². The number of carboxylic acids is 1. The number of benzene rings is 2. The van der Waals surface area contributed by atoms with Crippen LogP contribution in [0.2, 0.25) is 5.02 Å². The fraction of sp³-hybridized carbons (Fsp3) is 0.200. The van der Waals surface area contributed by atoms with Gasteiger partial charge in [-0.25, -0.2) is 14.2 Å². The zero-order chi connectivity index (χ0) is 34.3. The number of thiophene rings is 1. The van der Waals surface area contributed by atoms with E-state index in [0.29, 0.717) is 72.4 Å². The van der Waals surface area contributed by atoms with Gasteiger partial charge in [0, 0.05) is 51.1 Å². The molecule has 0 fully saturated rings. The van der Waals surface area contributed by atoms with Gasteiger partial charge < -0.3 is 14.7 Å². The van der Waals surface area contributed by atoms with E-state index in [0.717, 1.165) is 6.20 Å². The van der Waals surface area contributed by atoms with Crippen molar-refractivity contribution in [3.8, 4) is 34.1 Å². The molecule has 4 heterocycles. The van der Waals surface area contributed by atoms with Crippen molar-refractivity contribution < 1.29 is 19.0 Å². The van der Waals surface area contributed by atoms with Gasteiger partial charge in [-0.1, -0.05) is 11.6 Å². The smallest absolute Gasteiger partial charge is 0.338 e. The van der Waals surface area contributed by atoms with Crippen molar-refractivity contribution >= 4 is 50.0 Å². The summed E-state index contributed by atoms with van der Waals surface area (Å²) in [4.78, 5) is 40.9. The van der Waals surface area contributed by atoms with Crippen molar-refractivity contribution in [2.24, 2.45) is 0 Å². The summed E-state index contributed by atoms with van der Waals surface area (Å²) in [5, 5.41) is 22.2. The van der Waals surface area contributed by atoms with Gasteiger partial charge in [0.15, 0.2) is 0 Å². The van der Waals surface area contributed by atoms with Gasteiger partial charge in [0.05, 0.1) is 45.0 Å². The van der Waals surface area contributed by atoms with Crippen LogP contribution in [0.5, 0.6) is 5.75 Å². The molecule has 0 bridgehead atoms. The second-order valence-electron chi connectivity index (χ2n) is 11.4. The fourth-order valence-electron chi connectivity index (χ4n) is 5.84. The Morgan fingerprint density at radius 2 is 1.94 bits per heavy atom. The molecule has 1 N–H and O–H groups in total. The molecule has 0 atom stereocenters. The van der Waals surface area contributed by atoms with E-state index in [2.05, 4.69) is 16.0 Å². The maximum Gasteiger partial charge on any atom is 0.338 e. The van der Waals surface area contributed by atoms with Crippen molar-refractivity contribution in [3.05, 3.63) is 104 Å². The van der Waals surface area contributed by atoms with Crippen LogP contribution >= 0.6 is 22.9 Å². The van der Waals surface area contributed by atoms with Gasteiger partial charge in [-0.05, 0) is 69.9 Å². The zero-order valence-corrected chi connectivity index (χ0v) is 27.9. The summed E-state index contributed by atoms with van der Waals surface area (Å²) in [5.74, 6) is -0.720. The quantitative estimate of drug-likeness (QED) is 0.174. The van der Waals surface area contributed by atoms with E-state index in [9.17, 15) is 24.3 Å². The summed E-state index contributed by atoms with van der Waals surface area (Å²) in [5.41, 5.74) is 3.98. The van der Waals surface area contributed by atoms with Crippen LogP contribution in [-0.2, 0) is 13.1 Å². The zero-order valence-electron chi connectivity index (χ0n) is 26.3. The first kappa shape index (κ1) is 32.7. The summed E-state index contributed by atoms with van der Waals surface area (Å²) in [7, 11) is 3.76. The monoisotopic (exact) mass is 682 g/mol. The standard InChI is InChI=1S/C35H28ClFN6O4S/c1-18-24(13-22(37)15-40-18)30-20(16-42(3)4)11-28-31(26(30)14-38)34(44)43(19(2)41-28)9-10-47-29-6-5-21(36)12-25(29)23-7-8-39-32-27(35(45)46)17-48-33(23)32/h5-8,11-13,15,17H,9-10,16H2,1-4H3,(H,45,46). The SMILES string of the molecule is Cc1ncc(F)cc1-c1c(CN(C)C)cc2nc(C)n(CCOc3ccc(Cl)cc3-c3ccnc4c(C(=O)O)csc34)c(=O)c2c1C#N. The third-order valence-corrected chi connectivity index (χ3v) is 9.17. The van der Waals surface area contributed by atoms with Gasteiger partial charge in [-0.3, -0.25) is 19.3 Å². The molecule has 0 unspecified atom stereocenters. The van der Waals surface area contributed by atoms with E-state index in [1.165, 1.54) is 28.2 Å². The van der Waals surface area contributed by atoms with Crippen LogP contribution in [-0.4, -0.2) is 56.2 Å². The highest BCUT2D eigenvalue weighted by molar-refractivity contribution is 7.18. The third-order valence-electron chi connectivity index (χ3n) is 7.93. The number of nitriles is 1. The molecule has 0 amide bonds. The average molecular weight is 683 g/mol. The molecule has 0 saturated heterocycles. The molecule has 4 aromatic heterocycles. The number of aromatic nitrogens is 4. The lowest BCUT2D eigenvalue weighted by molar-refractivity contribution is 0.0699. The molecule has 13 heteroatoms. The van der Waals surface area contributed by atoms with Crippen molar-refractivity contribution in [1.29, 1.82) is 5.26 Å². The average Bonchev–Trinajstić information content (AvgIpc) is 3.48. The van der Waals surface area contributed by atoms with Crippen molar-refractivity contribution in [2.45, 2.75) is 26.9 Å². The molecule has 2 aromatic carbocycles. The highest BCUT2D eigenvalue weighted by Crippen LogP contribution is 2.40. The third kappa shape index (κ3) is 5.99. The van der Waals surface area contributed by atoms with Crippen LogP contribution < -0.4 is 10.3 Å². The Hall–Kier alpha value is -5.22. The minimum atomic E-state index is -1.07. The summed E-state index contributed by atoms with van der Waals surface area (Å²) in [6, 6.07) is 12.2. The lowest BCUT2D eigenvalue weighted by Crippen LogP contribution is -2.27. The number of carbonyl (C=O) groups is 1. The summed E-state index contributed by atoms with van der Waals surface area (Å²) in [6.45, 7) is 4.02. The van der Waals surface area contributed by atoms with Gasteiger partial charge >= 0.3 is 5.97 Å². The van der Waals surface area contributed by atoms with Gasteiger partial charge in [0.1, 0.15) is 30.1 Å². The molecule has 242 valence electrons. The normalized spacial score (nSPS) is 11.4. The van der Waals surface area contributed by atoms with Crippen LogP contribution in [0.25, 0.3) is 43.4 Å². The minimum Gasteiger partial charge on any atom is -0.491 e. The topological polar surface area (TPSA) is 134 Å². The van der Waals surface area contributed by atoms with Crippen LogP contribution in [0.4, 0.5) is 4.39 Å². The van der Waals surface area contributed by atoms with E-state index in [-0.39, 0.29) is 29.7 Å². The molecule has 6 aromatic rings. The first-order chi connectivity index (χ1) is 23.0. The predicted molar refractivity (Wildman–Crippen MR) is 183 cm³/mol. The lowest BCUT2D eigenvalue weighted by atomic mass is 9.91. The Labute approximate surface area is 283 Å². The highest BCUT2D eigenvalue weighted by atomic mass is 35.5. The molecular weight excluding hydrogens is 655 g/mol. The molecule has 0 spiro atoms. The van der Waals surface area contributed by atoms with Gasteiger partial charge in [-0.2, -0.15) is 5.26 Å². The minimum absolute atomic E-state index is 0.0575. The molecule has 48 heavy (non-hydrogen) atoms. The number of rotatable bonds is 9. The molecule has 10 nitrogen and oxygen atoms in total. The van der Waals surface area contributed by atoms with Crippen LogP contribution in [0, 0.1) is 31.0 Å². The number of carboxylic acid groups (broad SMARTS) is 1. The van der Waals surface area contributed by atoms with Gasteiger partial charge in [0.25, 0.3) is 5.56 Å². The number of ether oxygens (including phenoxy) is 1. The molecule has 0 aliphatic carbocycles. The van der Waals surface area contributed by atoms with Gasteiger partial charge in [-0.15, -0.1) is 11.3 Å². The Balaban J connectivity index is 1.41. The highest BCUT2D eigenvalue weighted by Gasteiger charge is 2.23. The summed E-state index contributed by atoms with van der Waals surface area (Å²) < 4.78 is 22.8. The van der Waals surface area contributed by atoms with Crippen molar-refractivity contribution in [1.82, 2.24) is 24.4 Å². The Bertz CT molecular complexity index is 2370. The number of fused-ring (bicyclic) bond motifs is 2. The molecule has 0 aliphatic rings. The van der Waals surface area contributed by atoms with E-state index in [1.54, 1.807) is 49.6 Å². The molecular formula is C35H28ClFN6O4S. The van der Waals surface area contributed by atoms with Crippen LogP contribution in [0.15, 0.2) is 59.0 Å². The Morgan fingerprint density at radius 3 is 2.67 bits per heavy atom. The summed E-state index contributed by atoms with van der Waals surface area (Å²) >= 11 is 7.64. The molecule has 0 aliphatic heterocycles. The predicted octanol–water partition coefficient (Wildman–Crippen LogP) is 6.86. The first-order valence-corrected chi connectivity index (χ1v) is 16.0. The number of nitrogens with zero attached hydrogens (tertiary/aromatic N) is 6. The number of halogens is 2. The molecule has 0 radical (unpaired) electrons. The van der Waals surface area contributed by atoms with E-state index >= 15 is 0 Å². The van der Waals surface area contributed by atoms with Crippen molar-refractivity contribution in [2.75, 3.05) is 20.7 Å². The van der Waals surface area contributed by atoms with E-state index in [4.69, 9.17) is 21.3 Å². The molecule has 0 saturated carbocycles. The van der Waals surface area contributed by atoms with E-state index < -0.39 is 17.3 Å². The number of hydrogen-bond acceptors (Lipinski definition) is 9. The second-order valence-corrected chi connectivity index (χ2v) is 12.7. The summed E-state index contributed by atoms with van der Waals surface area (Å²) in [6.07, 6.45) is 2.66. The van der Waals surface area contributed by atoms with Crippen LogP contribution in [0.1, 0.15) is 33.0 Å². The lowest BCUT2D eigenvalue weighted by Gasteiger charge is -2.20. The number of aryl methyl sites for hydroxylation is 2. The first-order valence-electron chi connectivity index (χ1n) is 14.7. The van der Waals surface area contributed by atoms with Crippen LogP contribution in [0.3, 0.4) is 0 Å². The number of pyridine rings is 2. The maximum atomic E-state index is 14.4. The number of aromatic carboxylic acids is 1. The van der Waals surface area contributed by atoms with Crippen molar-refractivity contribution in [3.63, 3.8) is 0 Å². The fourth-order valence-corrected chi connectivity index (χ4v) is 7.03. The number of hydrogen-bond donors (Lipinski definition) is 1. The maximum absolute atomic E-state index is 14.4. The Morgan fingerprint density at radius 1 is 1.15 bits per heavy atom. The molecule has 6 rings (SSSR count). The Kier molecular flexibility index (Phi) is 8.94. The largest absolute Gasteiger partial charge is 0.491 e. The van der Waals surface area contributed by atoms with Gasteiger partial charge in [0.2, 0.25) is 0 Å².